The van der Waals surface area contributed by atoms with Gasteiger partial charge in [0.15, 0.2) is 11.6 Å². The minimum atomic E-state index is -1.11. The van der Waals surface area contributed by atoms with Crippen molar-refractivity contribution in [3.05, 3.63) is 89.0 Å². The first-order chi connectivity index (χ1) is 10.7. The Labute approximate surface area is 128 Å². The smallest absolute Gasteiger partial charge is 0.192 e. The van der Waals surface area contributed by atoms with E-state index < -0.39 is 6.10 Å². The standard InChI is InChI=1S/C19H14O3/c20-17(11-10-13-6-2-1-3-7-13)16-12-18(21)14-8-4-5-9-15(14)19(16)22/h1-12,17,20H. The number of aliphatic hydroxyl groups is 1. The molecule has 1 unspecified atom stereocenters. The number of fused-ring (bicyclic) bond motifs is 1. The number of Topliss-reactive ketones (excluding diaryl/α,β-unsaturated/α-hetero) is 1. The molecule has 1 N–H and O–H groups in total. The van der Waals surface area contributed by atoms with Gasteiger partial charge in [0.1, 0.15) is 6.10 Å². The largest absolute Gasteiger partial charge is 0.384 e. The highest BCUT2D eigenvalue weighted by Gasteiger charge is 2.27. The number of hydrogen-bond acceptors (Lipinski definition) is 3. The van der Waals surface area contributed by atoms with Crippen LogP contribution in [0, 0.1) is 0 Å². The van der Waals surface area contributed by atoms with Crippen LogP contribution >= 0.6 is 0 Å². The van der Waals surface area contributed by atoms with Gasteiger partial charge in [-0.25, -0.2) is 0 Å². The molecule has 22 heavy (non-hydrogen) atoms. The molecule has 2 aromatic carbocycles. The van der Waals surface area contributed by atoms with Gasteiger partial charge in [-0.2, -0.15) is 0 Å². The lowest BCUT2D eigenvalue weighted by atomic mass is 9.87. The molecule has 0 radical (unpaired) electrons. The molecule has 0 bridgehead atoms. The van der Waals surface area contributed by atoms with Gasteiger partial charge < -0.3 is 5.11 Å². The molecule has 1 aliphatic rings. The number of hydrogen-bond donors (Lipinski definition) is 1. The van der Waals surface area contributed by atoms with Gasteiger partial charge in [-0.15, -0.1) is 0 Å². The number of rotatable bonds is 3. The first kappa shape index (κ1) is 14.2. The fraction of sp³-hybridized carbons (Fsp3) is 0.0526. The number of ketones is 2. The van der Waals surface area contributed by atoms with Crippen LogP contribution < -0.4 is 0 Å². The van der Waals surface area contributed by atoms with E-state index in [4.69, 9.17) is 0 Å². The van der Waals surface area contributed by atoms with Gasteiger partial charge in [-0.3, -0.25) is 9.59 Å². The van der Waals surface area contributed by atoms with Crippen LogP contribution in [-0.2, 0) is 0 Å². The highest BCUT2D eigenvalue weighted by Crippen LogP contribution is 2.23. The molecule has 3 rings (SSSR count). The third-order valence-corrected chi connectivity index (χ3v) is 3.58. The minimum Gasteiger partial charge on any atom is -0.384 e. The van der Waals surface area contributed by atoms with Crippen molar-refractivity contribution < 1.29 is 14.7 Å². The number of benzene rings is 2. The summed E-state index contributed by atoms with van der Waals surface area (Å²) in [5.74, 6) is -0.558. The van der Waals surface area contributed by atoms with Crippen LogP contribution in [0.15, 0.2) is 72.3 Å². The molecule has 1 aliphatic carbocycles. The topological polar surface area (TPSA) is 54.4 Å². The van der Waals surface area contributed by atoms with E-state index in [1.165, 1.54) is 12.2 Å². The molecule has 0 aromatic heterocycles. The summed E-state index contributed by atoms with van der Waals surface area (Å²) in [4.78, 5) is 24.5. The average Bonchev–Trinajstić information content (AvgIpc) is 2.57. The normalized spacial score (nSPS) is 15.6. The lowest BCUT2D eigenvalue weighted by Crippen LogP contribution is -2.23. The van der Waals surface area contributed by atoms with Crippen LogP contribution in [0.5, 0.6) is 0 Å². The number of carbonyl (C=O) groups excluding carboxylic acids is 2. The van der Waals surface area contributed by atoms with E-state index in [2.05, 4.69) is 0 Å². The zero-order valence-electron chi connectivity index (χ0n) is 11.8. The molecule has 0 fully saturated rings. The Morgan fingerprint density at radius 3 is 2.23 bits per heavy atom. The van der Waals surface area contributed by atoms with Crippen LogP contribution in [0.2, 0.25) is 0 Å². The maximum atomic E-state index is 12.4. The van der Waals surface area contributed by atoms with Gasteiger partial charge in [-0.1, -0.05) is 66.7 Å². The second-order valence-corrected chi connectivity index (χ2v) is 5.05. The average molecular weight is 290 g/mol. The van der Waals surface area contributed by atoms with Crippen molar-refractivity contribution in [3.63, 3.8) is 0 Å². The van der Waals surface area contributed by atoms with E-state index in [1.807, 2.05) is 30.3 Å². The molecule has 3 nitrogen and oxygen atoms in total. The molecular weight excluding hydrogens is 276 g/mol. The molecule has 3 heteroatoms. The Bertz CT molecular complexity index is 785. The van der Waals surface area contributed by atoms with Gasteiger partial charge >= 0.3 is 0 Å². The third kappa shape index (κ3) is 2.67. The highest BCUT2D eigenvalue weighted by molar-refractivity contribution is 6.25. The Kier molecular flexibility index (Phi) is 3.81. The predicted molar refractivity (Wildman–Crippen MR) is 84.7 cm³/mol. The molecule has 1 atom stereocenters. The van der Waals surface area contributed by atoms with Crippen molar-refractivity contribution >= 4 is 17.6 Å². The summed E-state index contributed by atoms with van der Waals surface area (Å²) in [5.41, 5.74) is 1.75. The van der Waals surface area contributed by atoms with Crippen LogP contribution in [0.1, 0.15) is 26.3 Å². The SMILES string of the molecule is O=C1C=C(C(O)C=Cc2ccccc2)C(=O)c2ccccc21. The molecule has 2 aromatic rings. The lowest BCUT2D eigenvalue weighted by Gasteiger charge is -2.17. The fourth-order valence-corrected chi connectivity index (χ4v) is 2.43. The van der Waals surface area contributed by atoms with Crippen molar-refractivity contribution in [2.75, 3.05) is 0 Å². The van der Waals surface area contributed by atoms with Gasteiger partial charge in [-0.05, 0) is 11.6 Å². The monoisotopic (exact) mass is 290 g/mol. The molecule has 0 spiro atoms. The Balaban J connectivity index is 1.88. The number of allylic oxidation sites excluding steroid dienone is 1. The van der Waals surface area contributed by atoms with Crippen LogP contribution in [0.25, 0.3) is 6.08 Å². The zero-order chi connectivity index (χ0) is 15.5. The maximum Gasteiger partial charge on any atom is 0.192 e. The van der Waals surface area contributed by atoms with Gasteiger partial charge in [0.2, 0.25) is 0 Å². The molecule has 0 amide bonds. The van der Waals surface area contributed by atoms with Gasteiger partial charge in [0.05, 0.1) is 0 Å². The second kappa shape index (κ2) is 5.92. The fourth-order valence-electron chi connectivity index (χ4n) is 2.43. The highest BCUT2D eigenvalue weighted by atomic mass is 16.3. The van der Waals surface area contributed by atoms with Crippen LogP contribution in [0.3, 0.4) is 0 Å². The molecular formula is C19H14O3. The van der Waals surface area contributed by atoms with Crippen molar-refractivity contribution in [1.29, 1.82) is 0 Å². The first-order valence-electron chi connectivity index (χ1n) is 6.98. The van der Waals surface area contributed by atoms with Crippen LogP contribution in [0.4, 0.5) is 0 Å². The maximum absolute atomic E-state index is 12.4. The zero-order valence-corrected chi connectivity index (χ0v) is 11.8. The van der Waals surface area contributed by atoms with E-state index >= 15 is 0 Å². The van der Waals surface area contributed by atoms with E-state index in [0.29, 0.717) is 11.1 Å². The van der Waals surface area contributed by atoms with E-state index in [9.17, 15) is 14.7 Å². The van der Waals surface area contributed by atoms with Crippen molar-refractivity contribution in [3.8, 4) is 0 Å². The van der Waals surface area contributed by atoms with E-state index in [-0.39, 0.29) is 17.1 Å². The summed E-state index contributed by atoms with van der Waals surface area (Å²) >= 11 is 0. The summed E-state index contributed by atoms with van der Waals surface area (Å²) in [6, 6.07) is 16.1. The van der Waals surface area contributed by atoms with Crippen molar-refractivity contribution in [1.82, 2.24) is 0 Å². The van der Waals surface area contributed by atoms with Crippen molar-refractivity contribution in [2.45, 2.75) is 6.10 Å². The summed E-state index contributed by atoms with van der Waals surface area (Å²) in [7, 11) is 0. The summed E-state index contributed by atoms with van der Waals surface area (Å²) < 4.78 is 0. The molecule has 0 heterocycles. The van der Waals surface area contributed by atoms with E-state index in [0.717, 1.165) is 5.56 Å². The Morgan fingerprint density at radius 2 is 1.50 bits per heavy atom. The lowest BCUT2D eigenvalue weighted by molar-refractivity contribution is 0.0961. The molecule has 0 saturated carbocycles. The molecule has 0 aliphatic heterocycles. The first-order valence-corrected chi connectivity index (χ1v) is 6.98. The van der Waals surface area contributed by atoms with E-state index in [1.54, 1.807) is 30.3 Å². The van der Waals surface area contributed by atoms with Crippen molar-refractivity contribution in [2.24, 2.45) is 0 Å². The Hall–Kier alpha value is -2.78. The third-order valence-electron chi connectivity index (χ3n) is 3.58. The second-order valence-electron chi connectivity index (χ2n) is 5.05. The quantitative estimate of drug-likeness (QED) is 0.945. The number of carbonyl (C=O) groups is 2. The summed E-state index contributed by atoms with van der Waals surface area (Å²) in [6.45, 7) is 0. The minimum absolute atomic E-state index is 0.107. The van der Waals surface area contributed by atoms with Gasteiger partial charge in [0, 0.05) is 16.7 Å². The van der Waals surface area contributed by atoms with Gasteiger partial charge in [0.25, 0.3) is 0 Å². The Morgan fingerprint density at radius 1 is 0.864 bits per heavy atom. The molecule has 0 saturated heterocycles. The predicted octanol–water partition coefficient (Wildman–Crippen LogP) is 3.07. The molecule has 108 valence electrons. The number of aliphatic hydroxyl groups excluding tert-OH is 1. The van der Waals surface area contributed by atoms with Crippen LogP contribution in [-0.4, -0.2) is 22.8 Å². The summed E-state index contributed by atoms with van der Waals surface area (Å²) in [5, 5.41) is 10.2. The summed E-state index contributed by atoms with van der Waals surface area (Å²) in [6.07, 6.45) is 3.36.